The molecular formula is C24H30N2O5. The largest absolute Gasteiger partial charge is 0.480 e. The number of likely N-dealkylation sites (N-methyl/N-ethyl adjacent to an activating group) is 2. The van der Waals surface area contributed by atoms with Gasteiger partial charge in [0.25, 0.3) is 0 Å². The first-order chi connectivity index (χ1) is 14.7. The van der Waals surface area contributed by atoms with E-state index < -0.39 is 30.1 Å². The summed E-state index contributed by atoms with van der Waals surface area (Å²) in [4.78, 5) is 40.2. The van der Waals surface area contributed by atoms with Crippen LogP contribution >= 0.6 is 0 Å². The lowest BCUT2D eigenvalue weighted by Gasteiger charge is -2.35. The number of amides is 2. The molecule has 7 nitrogen and oxygen atoms in total. The van der Waals surface area contributed by atoms with Gasteiger partial charge in [0.15, 0.2) is 0 Å². The van der Waals surface area contributed by atoms with E-state index in [1.807, 2.05) is 74.5 Å². The Morgan fingerprint density at radius 2 is 1.39 bits per heavy atom. The Balaban J connectivity index is 2.12. The lowest BCUT2D eigenvalue weighted by molar-refractivity contribution is -0.151. The van der Waals surface area contributed by atoms with Gasteiger partial charge in [-0.2, -0.15) is 0 Å². The smallest absolute Gasteiger partial charge is 0.410 e. The highest BCUT2D eigenvalue weighted by molar-refractivity contribution is 5.89. The molecule has 31 heavy (non-hydrogen) atoms. The summed E-state index contributed by atoms with van der Waals surface area (Å²) >= 11 is 0. The predicted octanol–water partition coefficient (Wildman–Crippen LogP) is 3.43. The lowest BCUT2D eigenvalue weighted by atomic mass is 9.99. The molecule has 0 bridgehead atoms. The molecule has 2 atom stereocenters. The summed E-state index contributed by atoms with van der Waals surface area (Å²) in [7, 11) is 2.96. The van der Waals surface area contributed by atoms with Gasteiger partial charge in [0.2, 0.25) is 5.91 Å². The van der Waals surface area contributed by atoms with E-state index in [0.29, 0.717) is 0 Å². The third kappa shape index (κ3) is 6.57. The third-order valence-corrected chi connectivity index (χ3v) is 5.17. The molecule has 0 unspecified atom stereocenters. The number of benzene rings is 2. The third-order valence-electron chi connectivity index (χ3n) is 5.17. The zero-order chi connectivity index (χ0) is 23.0. The number of hydrogen-bond donors (Lipinski definition) is 1. The van der Waals surface area contributed by atoms with Crippen molar-refractivity contribution in [1.82, 2.24) is 9.80 Å². The van der Waals surface area contributed by atoms with E-state index in [9.17, 15) is 19.5 Å². The lowest BCUT2D eigenvalue weighted by Crippen LogP contribution is -2.55. The molecule has 0 aliphatic rings. The van der Waals surface area contributed by atoms with Crippen LogP contribution in [-0.4, -0.2) is 59.1 Å². The molecular weight excluding hydrogens is 396 g/mol. The topological polar surface area (TPSA) is 87.2 Å². The van der Waals surface area contributed by atoms with E-state index in [0.717, 1.165) is 11.1 Å². The highest BCUT2D eigenvalue weighted by Crippen LogP contribution is 2.17. The predicted molar refractivity (Wildman–Crippen MR) is 117 cm³/mol. The second-order valence-corrected chi connectivity index (χ2v) is 7.83. The molecule has 2 aromatic rings. The van der Waals surface area contributed by atoms with Crippen LogP contribution in [0.5, 0.6) is 0 Å². The Kier molecular flexibility index (Phi) is 8.61. The van der Waals surface area contributed by atoms with Gasteiger partial charge in [0.1, 0.15) is 18.7 Å². The van der Waals surface area contributed by atoms with Crippen LogP contribution < -0.4 is 0 Å². The van der Waals surface area contributed by atoms with E-state index in [1.165, 1.54) is 23.9 Å². The van der Waals surface area contributed by atoms with Crippen molar-refractivity contribution in [2.45, 2.75) is 39.0 Å². The van der Waals surface area contributed by atoms with Crippen LogP contribution in [0.2, 0.25) is 0 Å². The van der Waals surface area contributed by atoms with Crippen LogP contribution in [-0.2, 0) is 27.4 Å². The molecule has 2 rings (SSSR count). The van der Waals surface area contributed by atoms with Gasteiger partial charge in [0.05, 0.1) is 0 Å². The standard InChI is InChI=1S/C24H30N2O5/c1-17(2)21(26(4)24(30)31-16-19-13-9-6-10-14-19)22(27)25(3)20(23(28)29)15-18-11-7-5-8-12-18/h5-14,17,20-21H,15-16H2,1-4H3,(H,28,29)/t20-,21-/m0/s1. The molecule has 0 spiro atoms. The normalized spacial score (nSPS) is 12.7. The Morgan fingerprint density at radius 1 is 0.871 bits per heavy atom. The number of aliphatic carboxylic acids is 1. The van der Waals surface area contributed by atoms with Crippen molar-refractivity contribution in [1.29, 1.82) is 0 Å². The zero-order valence-corrected chi connectivity index (χ0v) is 18.4. The quantitative estimate of drug-likeness (QED) is 0.664. The van der Waals surface area contributed by atoms with Gasteiger partial charge in [-0.05, 0) is 17.0 Å². The van der Waals surface area contributed by atoms with Crippen LogP contribution in [0.15, 0.2) is 60.7 Å². The van der Waals surface area contributed by atoms with E-state index in [4.69, 9.17) is 4.74 Å². The number of carbonyl (C=O) groups excluding carboxylic acids is 2. The number of carboxylic acids is 1. The fraction of sp³-hybridized carbons (Fsp3) is 0.375. The molecule has 0 radical (unpaired) electrons. The Hall–Kier alpha value is -3.35. The van der Waals surface area contributed by atoms with Gasteiger partial charge in [-0.3, -0.25) is 9.69 Å². The Morgan fingerprint density at radius 3 is 1.87 bits per heavy atom. The molecule has 166 valence electrons. The van der Waals surface area contributed by atoms with Crippen LogP contribution in [0.3, 0.4) is 0 Å². The number of carbonyl (C=O) groups is 3. The van der Waals surface area contributed by atoms with Crippen molar-refractivity contribution in [2.24, 2.45) is 5.92 Å². The SMILES string of the molecule is CC(C)[C@@H](C(=O)N(C)[C@@H](Cc1ccccc1)C(=O)O)N(C)C(=O)OCc1ccccc1. The molecule has 2 aromatic carbocycles. The van der Waals surface area contributed by atoms with Crippen LogP contribution in [0.1, 0.15) is 25.0 Å². The summed E-state index contributed by atoms with van der Waals surface area (Å²) < 4.78 is 5.35. The van der Waals surface area contributed by atoms with Crippen LogP contribution in [0.4, 0.5) is 4.79 Å². The first-order valence-electron chi connectivity index (χ1n) is 10.2. The summed E-state index contributed by atoms with van der Waals surface area (Å²) in [5, 5.41) is 9.73. The second-order valence-electron chi connectivity index (χ2n) is 7.83. The minimum Gasteiger partial charge on any atom is -0.480 e. The number of hydrogen-bond acceptors (Lipinski definition) is 4. The van der Waals surface area contributed by atoms with E-state index in [1.54, 1.807) is 0 Å². The van der Waals surface area contributed by atoms with Gasteiger partial charge < -0.3 is 14.7 Å². The number of carboxylic acid groups (broad SMARTS) is 1. The zero-order valence-electron chi connectivity index (χ0n) is 18.4. The molecule has 0 heterocycles. The van der Waals surface area contributed by atoms with Gasteiger partial charge in [-0.25, -0.2) is 9.59 Å². The van der Waals surface area contributed by atoms with Crippen molar-refractivity contribution < 1.29 is 24.2 Å². The average molecular weight is 427 g/mol. The van der Waals surface area contributed by atoms with Crippen molar-refractivity contribution in [3.63, 3.8) is 0 Å². The molecule has 0 aliphatic carbocycles. The average Bonchev–Trinajstić information content (AvgIpc) is 2.76. The van der Waals surface area contributed by atoms with Gasteiger partial charge in [-0.15, -0.1) is 0 Å². The van der Waals surface area contributed by atoms with Crippen molar-refractivity contribution in [3.05, 3.63) is 71.8 Å². The van der Waals surface area contributed by atoms with E-state index in [2.05, 4.69) is 0 Å². The summed E-state index contributed by atoms with van der Waals surface area (Å²) in [5.74, 6) is -1.79. The first kappa shape index (κ1) is 23.9. The van der Waals surface area contributed by atoms with Gasteiger partial charge >= 0.3 is 12.1 Å². The maximum Gasteiger partial charge on any atom is 0.410 e. The monoisotopic (exact) mass is 426 g/mol. The molecule has 2 amide bonds. The van der Waals surface area contributed by atoms with Crippen molar-refractivity contribution in [3.8, 4) is 0 Å². The molecule has 1 N–H and O–H groups in total. The molecule has 0 saturated heterocycles. The number of ether oxygens (including phenoxy) is 1. The summed E-state index contributed by atoms with van der Waals surface area (Å²) in [6, 6.07) is 16.5. The summed E-state index contributed by atoms with van der Waals surface area (Å²) in [5.41, 5.74) is 1.65. The van der Waals surface area contributed by atoms with Crippen molar-refractivity contribution >= 4 is 18.0 Å². The maximum absolute atomic E-state index is 13.3. The minimum absolute atomic E-state index is 0.0879. The molecule has 7 heteroatoms. The fourth-order valence-corrected chi connectivity index (χ4v) is 3.42. The van der Waals surface area contributed by atoms with Crippen molar-refractivity contribution in [2.75, 3.05) is 14.1 Å². The van der Waals surface area contributed by atoms with Crippen LogP contribution in [0.25, 0.3) is 0 Å². The van der Waals surface area contributed by atoms with E-state index >= 15 is 0 Å². The number of nitrogens with zero attached hydrogens (tertiary/aromatic N) is 2. The second kappa shape index (κ2) is 11.2. The Labute approximate surface area is 183 Å². The van der Waals surface area contributed by atoms with E-state index in [-0.39, 0.29) is 18.9 Å². The van der Waals surface area contributed by atoms with Crippen LogP contribution in [0, 0.1) is 5.92 Å². The molecule has 0 aliphatic heterocycles. The molecule has 0 aromatic heterocycles. The first-order valence-corrected chi connectivity index (χ1v) is 10.2. The highest BCUT2D eigenvalue weighted by Gasteiger charge is 2.37. The highest BCUT2D eigenvalue weighted by atomic mass is 16.6. The molecule has 0 saturated carbocycles. The molecule has 0 fully saturated rings. The minimum atomic E-state index is -1.10. The maximum atomic E-state index is 13.3. The number of rotatable bonds is 9. The Bertz CT molecular complexity index is 870. The fourth-order valence-electron chi connectivity index (χ4n) is 3.42. The van der Waals surface area contributed by atoms with Gasteiger partial charge in [0, 0.05) is 20.5 Å². The van der Waals surface area contributed by atoms with Gasteiger partial charge in [-0.1, -0.05) is 74.5 Å². The summed E-state index contributed by atoms with van der Waals surface area (Å²) in [6.07, 6.45) is -0.468. The summed E-state index contributed by atoms with van der Waals surface area (Å²) in [6.45, 7) is 3.71.